The Labute approximate surface area is 144 Å². The van der Waals surface area contributed by atoms with Gasteiger partial charge in [-0.05, 0) is 49.9 Å². The van der Waals surface area contributed by atoms with Crippen LogP contribution in [0.25, 0.3) is 0 Å². The van der Waals surface area contributed by atoms with Gasteiger partial charge in [0.1, 0.15) is 24.7 Å². The Balaban J connectivity index is 1.88. The van der Waals surface area contributed by atoms with Crippen LogP contribution in [0.5, 0.6) is 11.5 Å². The molecule has 0 amide bonds. The third-order valence-electron chi connectivity index (χ3n) is 3.63. The van der Waals surface area contributed by atoms with Crippen molar-refractivity contribution in [3.8, 4) is 11.5 Å². The van der Waals surface area contributed by atoms with Crippen LogP contribution in [0.3, 0.4) is 0 Å². The van der Waals surface area contributed by atoms with Crippen LogP contribution in [-0.2, 0) is 12.8 Å². The second-order valence-corrected chi connectivity index (χ2v) is 6.28. The van der Waals surface area contributed by atoms with Gasteiger partial charge < -0.3 is 20.9 Å². The Bertz CT molecular complexity index is 571. The molecule has 4 nitrogen and oxygen atoms in total. The average molecular weight is 328 g/mol. The molecule has 0 spiro atoms. The van der Waals surface area contributed by atoms with E-state index in [1.165, 1.54) is 0 Å². The summed E-state index contributed by atoms with van der Waals surface area (Å²) >= 11 is 0. The summed E-state index contributed by atoms with van der Waals surface area (Å²) in [6.07, 6.45) is 1.60. The highest BCUT2D eigenvalue weighted by atomic mass is 16.5. The molecule has 0 fully saturated rings. The van der Waals surface area contributed by atoms with Gasteiger partial charge in [0.05, 0.1) is 0 Å². The molecule has 130 valence electrons. The van der Waals surface area contributed by atoms with Gasteiger partial charge in [-0.15, -0.1) is 0 Å². The van der Waals surface area contributed by atoms with Crippen molar-refractivity contribution < 1.29 is 9.47 Å². The molecule has 4 heteroatoms. The number of hydrogen-bond acceptors (Lipinski definition) is 4. The second-order valence-electron chi connectivity index (χ2n) is 6.28. The van der Waals surface area contributed by atoms with Gasteiger partial charge in [0.15, 0.2) is 0 Å². The lowest BCUT2D eigenvalue weighted by Gasteiger charge is -2.15. The van der Waals surface area contributed by atoms with E-state index in [1.807, 2.05) is 50.2 Å². The molecular formula is C20H28N2O2. The Morgan fingerprint density at radius 3 is 1.46 bits per heavy atom. The van der Waals surface area contributed by atoms with Crippen molar-refractivity contribution in [1.82, 2.24) is 0 Å². The molecule has 0 saturated carbocycles. The normalized spacial score (nSPS) is 13.3. The minimum Gasteiger partial charge on any atom is -0.490 e. The largest absolute Gasteiger partial charge is 0.490 e. The van der Waals surface area contributed by atoms with E-state index in [0.29, 0.717) is 13.2 Å². The summed E-state index contributed by atoms with van der Waals surface area (Å²) in [5.74, 6) is 1.75. The summed E-state index contributed by atoms with van der Waals surface area (Å²) in [6.45, 7) is 4.97. The molecule has 0 aliphatic rings. The number of hydrogen-bond donors (Lipinski definition) is 2. The third-order valence-corrected chi connectivity index (χ3v) is 3.63. The highest BCUT2D eigenvalue weighted by Crippen LogP contribution is 2.21. The molecule has 0 aliphatic heterocycles. The summed E-state index contributed by atoms with van der Waals surface area (Å²) < 4.78 is 11.8. The lowest BCUT2D eigenvalue weighted by atomic mass is 10.1. The number of benzene rings is 2. The van der Waals surface area contributed by atoms with Crippen LogP contribution in [0.15, 0.2) is 48.5 Å². The van der Waals surface area contributed by atoms with E-state index in [0.717, 1.165) is 35.5 Å². The van der Waals surface area contributed by atoms with Crippen LogP contribution in [-0.4, -0.2) is 25.3 Å². The minimum absolute atomic E-state index is 0.108. The Kier molecular flexibility index (Phi) is 7.09. The van der Waals surface area contributed by atoms with E-state index in [-0.39, 0.29) is 12.1 Å². The van der Waals surface area contributed by atoms with Gasteiger partial charge in [-0.1, -0.05) is 36.4 Å². The van der Waals surface area contributed by atoms with Crippen LogP contribution >= 0.6 is 0 Å². The van der Waals surface area contributed by atoms with Crippen molar-refractivity contribution in [2.75, 3.05) is 13.2 Å². The zero-order chi connectivity index (χ0) is 17.4. The first kappa shape index (κ1) is 18.3. The zero-order valence-corrected chi connectivity index (χ0v) is 14.6. The standard InChI is InChI=1S/C20H28N2O2/c1-15(21)13-17-7-3-5-9-19(17)23-11-12-24-20-10-6-4-8-18(20)14-16(2)22/h3-10,15-16H,11-14,21-22H2,1-2H3. The van der Waals surface area contributed by atoms with Crippen molar-refractivity contribution in [1.29, 1.82) is 0 Å². The van der Waals surface area contributed by atoms with Crippen molar-refractivity contribution in [3.63, 3.8) is 0 Å². The summed E-state index contributed by atoms with van der Waals surface area (Å²) in [5.41, 5.74) is 14.0. The van der Waals surface area contributed by atoms with Crippen LogP contribution in [0, 0.1) is 0 Å². The molecule has 2 unspecified atom stereocenters. The van der Waals surface area contributed by atoms with E-state index in [9.17, 15) is 0 Å². The fraction of sp³-hybridized carbons (Fsp3) is 0.400. The van der Waals surface area contributed by atoms with Crippen molar-refractivity contribution in [2.45, 2.75) is 38.8 Å². The van der Waals surface area contributed by atoms with Gasteiger partial charge in [0.2, 0.25) is 0 Å². The van der Waals surface area contributed by atoms with Crippen molar-refractivity contribution in [3.05, 3.63) is 59.7 Å². The fourth-order valence-electron chi connectivity index (χ4n) is 2.62. The van der Waals surface area contributed by atoms with Crippen LogP contribution in [0.1, 0.15) is 25.0 Å². The molecule has 0 aliphatic carbocycles. The highest BCUT2D eigenvalue weighted by Gasteiger charge is 2.07. The number of ether oxygens (including phenoxy) is 2. The number of para-hydroxylation sites is 2. The predicted octanol–water partition coefficient (Wildman–Crippen LogP) is 2.92. The molecule has 2 aromatic carbocycles. The predicted molar refractivity (Wildman–Crippen MR) is 98.6 cm³/mol. The lowest BCUT2D eigenvalue weighted by molar-refractivity contribution is 0.214. The van der Waals surface area contributed by atoms with Gasteiger partial charge >= 0.3 is 0 Å². The van der Waals surface area contributed by atoms with Gasteiger partial charge in [0.25, 0.3) is 0 Å². The molecule has 0 heterocycles. The molecule has 2 atom stereocenters. The van der Waals surface area contributed by atoms with E-state index < -0.39 is 0 Å². The second kappa shape index (κ2) is 9.30. The van der Waals surface area contributed by atoms with Crippen LogP contribution < -0.4 is 20.9 Å². The Hall–Kier alpha value is -2.04. The van der Waals surface area contributed by atoms with Crippen LogP contribution in [0.4, 0.5) is 0 Å². The minimum atomic E-state index is 0.108. The number of rotatable bonds is 9. The van der Waals surface area contributed by atoms with Gasteiger partial charge in [-0.3, -0.25) is 0 Å². The zero-order valence-electron chi connectivity index (χ0n) is 14.6. The van der Waals surface area contributed by atoms with Crippen molar-refractivity contribution >= 4 is 0 Å². The molecular weight excluding hydrogens is 300 g/mol. The average Bonchev–Trinajstić information content (AvgIpc) is 2.53. The summed E-state index contributed by atoms with van der Waals surface area (Å²) in [4.78, 5) is 0. The quantitative estimate of drug-likeness (QED) is 0.694. The first-order valence-electron chi connectivity index (χ1n) is 8.49. The summed E-state index contributed by atoms with van der Waals surface area (Å²) in [7, 11) is 0. The SMILES string of the molecule is CC(N)Cc1ccccc1OCCOc1ccccc1CC(C)N. The topological polar surface area (TPSA) is 70.5 Å². The Morgan fingerprint density at radius 2 is 1.08 bits per heavy atom. The summed E-state index contributed by atoms with van der Waals surface area (Å²) in [5, 5.41) is 0. The maximum absolute atomic E-state index is 5.89. The molecule has 0 radical (unpaired) electrons. The van der Waals surface area contributed by atoms with Gasteiger partial charge in [-0.2, -0.15) is 0 Å². The van der Waals surface area contributed by atoms with E-state index >= 15 is 0 Å². The highest BCUT2D eigenvalue weighted by molar-refractivity contribution is 5.35. The molecule has 2 aromatic rings. The van der Waals surface area contributed by atoms with E-state index in [1.54, 1.807) is 0 Å². The lowest BCUT2D eigenvalue weighted by Crippen LogP contribution is -2.19. The smallest absolute Gasteiger partial charge is 0.122 e. The fourth-order valence-corrected chi connectivity index (χ4v) is 2.62. The molecule has 0 aromatic heterocycles. The molecule has 0 bridgehead atoms. The van der Waals surface area contributed by atoms with E-state index in [4.69, 9.17) is 20.9 Å². The van der Waals surface area contributed by atoms with Gasteiger partial charge in [-0.25, -0.2) is 0 Å². The monoisotopic (exact) mass is 328 g/mol. The maximum atomic E-state index is 5.89. The first-order chi connectivity index (χ1) is 11.6. The van der Waals surface area contributed by atoms with Gasteiger partial charge in [0, 0.05) is 12.1 Å². The first-order valence-corrected chi connectivity index (χ1v) is 8.49. The molecule has 24 heavy (non-hydrogen) atoms. The maximum Gasteiger partial charge on any atom is 0.122 e. The third kappa shape index (κ3) is 5.87. The van der Waals surface area contributed by atoms with Crippen LogP contribution in [0.2, 0.25) is 0 Å². The Morgan fingerprint density at radius 1 is 0.708 bits per heavy atom. The van der Waals surface area contributed by atoms with Crippen molar-refractivity contribution in [2.24, 2.45) is 11.5 Å². The molecule has 0 saturated heterocycles. The number of nitrogens with two attached hydrogens (primary N) is 2. The molecule has 4 N–H and O–H groups in total. The summed E-state index contributed by atoms with van der Waals surface area (Å²) in [6, 6.07) is 16.2. The molecule has 2 rings (SSSR count). The van der Waals surface area contributed by atoms with E-state index in [2.05, 4.69) is 12.1 Å².